The number of anilines is 3. The molecular weight excluding hydrogens is 526 g/mol. The van der Waals surface area contributed by atoms with E-state index in [0.717, 1.165) is 36.1 Å². The number of piperazine rings is 1. The van der Waals surface area contributed by atoms with Crippen LogP contribution in [0, 0.1) is 12.1 Å². The van der Waals surface area contributed by atoms with E-state index in [9.17, 15) is 19.6 Å². The fourth-order valence-corrected chi connectivity index (χ4v) is 5.65. The normalized spacial score (nSPS) is 16.3. The number of carbonyl (C=O) groups is 2. The number of Topliss-reactive ketones (excluding diaryl/α,β-unsaturated/α-hetero) is 1. The number of ketones is 1. The van der Waals surface area contributed by atoms with Gasteiger partial charge in [0.25, 0.3) is 11.4 Å². The van der Waals surface area contributed by atoms with Gasteiger partial charge in [-0.3, -0.25) is 14.2 Å². The van der Waals surface area contributed by atoms with Crippen LogP contribution >= 0.6 is 0 Å². The van der Waals surface area contributed by atoms with Crippen molar-refractivity contribution in [1.29, 1.82) is 0 Å². The summed E-state index contributed by atoms with van der Waals surface area (Å²) in [6.07, 6.45) is 6.45. The fourth-order valence-electron chi connectivity index (χ4n) is 5.65. The molecule has 0 spiro atoms. The number of hydrogen-bond acceptors (Lipinski definition) is 9. The van der Waals surface area contributed by atoms with Crippen molar-refractivity contribution >= 4 is 40.4 Å². The highest BCUT2D eigenvalue weighted by Gasteiger charge is 2.28. The van der Waals surface area contributed by atoms with Crippen LogP contribution in [0.1, 0.15) is 75.3 Å². The molecule has 1 amide bonds. The van der Waals surface area contributed by atoms with Crippen LogP contribution < -0.4 is 20.5 Å². The van der Waals surface area contributed by atoms with Crippen molar-refractivity contribution in [2.24, 2.45) is 0 Å². The van der Waals surface area contributed by atoms with Crippen molar-refractivity contribution in [3.63, 3.8) is 0 Å². The monoisotopic (exact) mass is 563 g/mol. The number of aromatic nitrogens is 4. The molecule has 1 aliphatic heterocycles. The highest BCUT2D eigenvalue weighted by atomic mass is 16.6. The van der Waals surface area contributed by atoms with E-state index in [1.54, 1.807) is 28.7 Å². The molecule has 2 aliphatic rings. The van der Waals surface area contributed by atoms with Crippen molar-refractivity contribution in [3.8, 4) is 0 Å². The molecule has 3 aromatic rings. The Morgan fingerprint density at radius 3 is 2.41 bits per heavy atom. The summed E-state index contributed by atoms with van der Waals surface area (Å²) in [7, 11) is 0. The minimum absolute atomic E-state index is 0.0361. The van der Waals surface area contributed by atoms with E-state index in [-0.39, 0.29) is 40.8 Å². The predicted molar refractivity (Wildman–Crippen MR) is 155 cm³/mol. The Morgan fingerprint density at radius 1 is 1.12 bits per heavy atom. The van der Waals surface area contributed by atoms with Gasteiger partial charge in [0.2, 0.25) is 0 Å². The molecule has 0 radical (unpaired) electrons. The fraction of sp³-hybridized carbons (Fsp3) is 0.517. The summed E-state index contributed by atoms with van der Waals surface area (Å²) < 4.78 is 7.82. The second-order valence-corrected chi connectivity index (χ2v) is 11.8. The van der Waals surface area contributed by atoms with Crippen LogP contribution in [0.4, 0.5) is 22.2 Å². The smallest absolute Gasteiger partial charge is 0.410 e. The number of carbonyl (C=O) groups excluding carboxylic acids is 2. The second kappa shape index (κ2) is 11.0. The Bertz CT molecular complexity index is 1550. The van der Waals surface area contributed by atoms with Crippen LogP contribution in [-0.4, -0.2) is 63.1 Å². The minimum atomic E-state index is -0.551. The summed E-state index contributed by atoms with van der Waals surface area (Å²) in [4.78, 5) is 50.9. The molecule has 1 aliphatic carbocycles. The maximum atomic E-state index is 13.4. The van der Waals surface area contributed by atoms with Crippen LogP contribution in [-0.2, 0) is 4.74 Å². The molecule has 0 bridgehead atoms. The number of nitrogens with one attached hydrogen (secondary N) is 1. The zero-order valence-corrected chi connectivity index (χ0v) is 24.3. The third-order valence-electron chi connectivity index (χ3n) is 7.69. The van der Waals surface area contributed by atoms with Gasteiger partial charge in [0, 0.05) is 49.9 Å². The summed E-state index contributed by atoms with van der Waals surface area (Å²) >= 11 is 0. The van der Waals surface area contributed by atoms with Crippen LogP contribution in [0.5, 0.6) is 0 Å². The molecule has 218 valence electrons. The third-order valence-corrected chi connectivity index (χ3v) is 7.69. The third kappa shape index (κ3) is 5.82. The van der Waals surface area contributed by atoms with E-state index in [2.05, 4.69) is 15.3 Å². The molecule has 0 unspecified atom stereocenters. The number of rotatable bonds is 5. The zero-order chi connectivity index (χ0) is 29.5. The van der Waals surface area contributed by atoms with E-state index in [1.807, 2.05) is 31.7 Å². The van der Waals surface area contributed by atoms with Gasteiger partial charge in [0.1, 0.15) is 11.8 Å². The van der Waals surface area contributed by atoms with Gasteiger partial charge in [-0.15, -0.1) is 0 Å². The van der Waals surface area contributed by atoms with Crippen LogP contribution in [0.25, 0.3) is 11.0 Å². The van der Waals surface area contributed by atoms with E-state index in [1.165, 1.54) is 13.1 Å². The first-order valence-corrected chi connectivity index (χ1v) is 14.1. The molecular formula is C29H37N7O5. The van der Waals surface area contributed by atoms with Crippen molar-refractivity contribution in [2.75, 3.05) is 36.4 Å². The number of ether oxygens (including phenoxy) is 1. The van der Waals surface area contributed by atoms with Gasteiger partial charge in [-0.05, 0) is 59.1 Å². The van der Waals surface area contributed by atoms with Gasteiger partial charge in [0.05, 0.1) is 11.3 Å². The Labute approximate surface area is 238 Å². The van der Waals surface area contributed by atoms with Gasteiger partial charge < -0.3 is 19.7 Å². The lowest BCUT2D eigenvalue weighted by molar-refractivity contribution is -0.589. The Morgan fingerprint density at radius 2 is 1.80 bits per heavy atom. The molecule has 12 heteroatoms. The molecule has 1 N–H and O–H groups in total. The molecule has 5 rings (SSSR count). The number of hydrogen-bond donors (Lipinski definition) is 1. The van der Waals surface area contributed by atoms with E-state index < -0.39 is 5.60 Å². The molecule has 1 saturated heterocycles. The van der Waals surface area contributed by atoms with Crippen molar-refractivity contribution in [2.45, 2.75) is 71.9 Å². The maximum absolute atomic E-state index is 13.4. The molecule has 12 nitrogen and oxygen atoms in total. The number of fused-ring (bicyclic) bond motifs is 1. The number of aryl methyl sites for hydroxylation is 1. The average Bonchev–Trinajstić information content (AvgIpc) is 3.43. The van der Waals surface area contributed by atoms with Gasteiger partial charge >= 0.3 is 12.0 Å². The van der Waals surface area contributed by atoms with Crippen molar-refractivity contribution in [1.82, 2.24) is 19.4 Å². The molecule has 3 aromatic heterocycles. The van der Waals surface area contributed by atoms with Gasteiger partial charge in [-0.1, -0.05) is 12.8 Å². The second-order valence-electron chi connectivity index (χ2n) is 11.8. The number of pyridine rings is 2. The maximum Gasteiger partial charge on any atom is 0.410 e. The van der Waals surface area contributed by atoms with E-state index >= 15 is 0 Å². The lowest BCUT2D eigenvalue weighted by Gasteiger charge is -2.36. The number of amides is 1. The summed E-state index contributed by atoms with van der Waals surface area (Å²) in [6, 6.07) is 3.45. The summed E-state index contributed by atoms with van der Waals surface area (Å²) in [5.74, 6) is 0.136. The lowest BCUT2D eigenvalue weighted by Crippen LogP contribution is -2.50. The molecule has 1 saturated carbocycles. The first kappa shape index (κ1) is 28.3. The van der Waals surface area contributed by atoms with E-state index in [0.29, 0.717) is 42.8 Å². The van der Waals surface area contributed by atoms with E-state index in [4.69, 9.17) is 4.74 Å². The molecule has 0 atom stereocenters. The quantitative estimate of drug-likeness (QED) is 0.279. The highest BCUT2D eigenvalue weighted by Crippen LogP contribution is 2.32. The van der Waals surface area contributed by atoms with Gasteiger partial charge in [-0.2, -0.15) is 9.97 Å². The van der Waals surface area contributed by atoms with Crippen LogP contribution in [0.3, 0.4) is 0 Å². The molecule has 41 heavy (non-hydrogen) atoms. The Kier molecular flexibility index (Phi) is 7.58. The molecule has 2 fully saturated rings. The Balaban J connectivity index is 1.37. The van der Waals surface area contributed by atoms with Crippen LogP contribution in [0.2, 0.25) is 0 Å². The zero-order valence-electron chi connectivity index (χ0n) is 24.3. The molecule has 4 heterocycles. The van der Waals surface area contributed by atoms with Crippen molar-refractivity contribution < 1.29 is 19.1 Å². The standard InChI is InChI=1S/C29H37N7O5/c1-18-22-16-30-27(32-25(22)36(20-8-6-7-9-20)26(38)24(18)19(2)37)31-23-11-10-21(17-35(23)40)33-12-14-34(15-13-33)28(39)41-29(3,4)5/h10-11,16-17,20H,6-9,12-15H2,1-5H3,(H,30,31,32). The SMILES string of the molecule is CC(=O)c1c(C)c2cnc(Nc3ccc(N4CCN(C(=O)OC(C)(C)C)CC4)c[n+]3[O-])nc2n(C2CCCC2)c1=O. The van der Waals surface area contributed by atoms with Gasteiger partial charge in [0.15, 0.2) is 11.4 Å². The van der Waals surface area contributed by atoms with Crippen molar-refractivity contribution in [3.05, 3.63) is 51.2 Å². The summed E-state index contributed by atoms with van der Waals surface area (Å²) in [5.41, 5.74) is 1.05. The topological polar surface area (TPSA) is 137 Å². The Hall–Kier alpha value is -4.22. The summed E-state index contributed by atoms with van der Waals surface area (Å²) in [5, 5.41) is 16.6. The van der Waals surface area contributed by atoms with Gasteiger partial charge in [-0.25, -0.2) is 14.8 Å². The first-order chi connectivity index (χ1) is 19.4. The largest absolute Gasteiger partial charge is 0.711 e. The average molecular weight is 564 g/mol. The molecule has 0 aromatic carbocycles. The lowest BCUT2D eigenvalue weighted by atomic mass is 10.0. The van der Waals surface area contributed by atoms with Crippen LogP contribution in [0.15, 0.2) is 29.3 Å². The summed E-state index contributed by atoms with van der Waals surface area (Å²) in [6.45, 7) is 10.8. The predicted octanol–water partition coefficient (Wildman–Crippen LogP) is 3.85. The highest BCUT2D eigenvalue weighted by molar-refractivity contribution is 5.99. The first-order valence-electron chi connectivity index (χ1n) is 14.1. The number of nitrogens with zero attached hydrogens (tertiary/aromatic N) is 6. The minimum Gasteiger partial charge on any atom is -0.711 e.